The van der Waals surface area contributed by atoms with E-state index in [2.05, 4.69) is 4.74 Å². The van der Waals surface area contributed by atoms with Crippen LogP contribution in [0.15, 0.2) is 12.2 Å². The molecule has 0 saturated carbocycles. The van der Waals surface area contributed by atoms with E-state index in [1.54, 1.807) is 0 Å². The number of ether oxygens (including phenoxy) is 3. The summed E-state index contributed by atoms with van der Waals surface area (Å²) in [6.45, 7) is 5.81. The molecule has 1 amide bonds. The number of amides is 1. The third kappa shape index (κ3) is 10.8. The van der Waals surface area contributed by atoms with Crippen LogP contribution in [0.2, 0.25) is 0 Å². The van der Waals surface area contributed by atoms with Gasteiger partial charge in [0.15, 0.2) is 6.61 Å². The van der Waals surface area contributed by atoms with Gasteiger partial charge >= 0.3 is 11.9 Å². The summed E-state index contributed by atoms with van der Waals surface area (Å²) in [6, 6.07) is 0. The normalized spacial score (nSPS) is 10.6. The molecule has 0 fully saturated rings. The number of carboxylic acids is 1. The topological polar surface area (TPSA) is 102 Å². The SMILES string of the molecule is CCOCCN(CCOCC)C(=O)COC(=O)/C=C/C(=O)O. The molecule has 22 heavy (non-hydrogen) atoms. The van der Waals surface area contributed by atoms with Gasteiger partial charge in [0.1, 0.15) is 0 Å². The lowest BCUT2D eigenvalue weighted by Gasteiger charge is -2.22. The van der Waals surface area contributed by atoms with Crippen LogP contribution < -0.4 is 0 Å². The number of esters is 1. The Morgan fingerprint density at radius 2 is 1.55 bits per heavy atom. The summed E-state index contributed by atoms with van der Waals surface area (Å²) >= 11 is 0. The van der Waals surface area contributed by atoms with E-state index in [-0.39, 0.29) is 0 Å². The monoisotopic (exact) mass is 317 g/mol. The van der Waals surface area contributed by atoms with E-state index in [0.717, 1.165) is 6.08 Å². The Bertz CT molecular complexity index is 371. The molecule has 0 aromatic carbocycles. The molecule has 0 rings (SSSR count). The van der Waals surface area contributed by atoms with Crippen molar-refractivity contribution >= 4 is 17.8 Å². The number of carbonyl (C=O) groups is 3. The molecule has 0 aliphatic heterocycles. The number of rotatable bonds is 12. The van der Waals surface area contributed by atoms with Crippen LogP contribution in [0, 0.1) is 0 Å². The zero-order valence-corrected chi connectivity index (χ0v) is 12.9. The van der Waals surface area contributed by atoms with E-state index < -0.39 is 24.5 Å². The first kappa shape index (κ1) is 20.1. The van der Waals surface area contributed by atoms with E-state index in [4.69, 9.17) is 14.6 Å². The highest BCUT2D eigenvalue weighted by Crippen LogP contribution is 1.94. The maximum atomic E-state index is 12.0. The first-order chi connectivity index (χ1) is 10.5. The van der Waals surface area contributed by atoms with Crippen LogP contribution in [0.1, 0.15) is 13.8 Å². The molecule has 8 nitrogen and oxygen atoms in total. The molecular formula is C14H23NO7. The molecule has 0 atom stereocenters. The molecule has 0 spiro atoms. The summed E-state index contributed by atoms with van der Waals surface area (Å²) in [6.07, 6.45) is 1.40. The summed E-state index contributed by atoms with van der Waals surface area (Å²) in [5, 5.41) is 8.37. The fraction of sp³-hybridized carbons (Fsp3) is 0.643. The van der Waals surface area contributed by atoms with Crippen molar-refractivity contribution in [2.75, 3.05) is 46.1 Å². The molecule has 1 N–H and O–H groups in total. The minimum atomic E-state index is -1.27. The van der Waals surface area contributed by atoms with Crippen molar-refractivity contribution in [2.45, 2.75) is 13.8 Å². The number of hydrogen-bond donors (Lipinski definition) is 1. The Hall–Kier alpha value is -1.93. The second-order valence-electron chi connectivity index (χ2n) is 4.05. The quantitative estimate of drug-likeness (QED) is 0.309. The van der Waals surface area contributed by atoms with Gasteiger partial charge < -0.3 is 24.2 Å². The molecule has 126 valence electrons. The molecule has 8 heteroatoms. The molecule has 0 aromatic heterocycles. The van der Waals surface area contributed by atoms with Crippen LogP contribution in [-0.2, 0) is 28.6 Å². The molecular weight excluding hydrogens is 294 g/mol. The number of nitrogens with zero attached hydrogens (tertiary/aromatic N) is 1. The average Bonchev–Trinajstić information content (AvgIpc) is 2.49. The van der Waals surface area contributed by atoms with Gasteiger partial charge in [0.25, 0.3) is 5.91 Å². The molecule has 0 unspecified atom stereocenters. The van der Waals surface area contributed by atoms with Gasteiger partial charge in [0.05, 0.1) is 13.2 Å². The van der Waals surface area contributed by atoms with E-state index in [0.29, 0.717) is 45.6 Å². The van der Waals surface area contributed by atoms with Gasteiger partial charge in [-0.15, -0.1) is 0 Å². The van der Waals surface area contributed by atoms with Crippen molar-refractivity contribution < 1.29 is 33.7 Å². The Kier molecular flexibility index (Phi) is 11.7. The number of hydrogen-bond acceptors (Lipinski definition) is 6. The summed E-state index contributed by atoms with van der Waals surface area (Å²) in [5.41, 5.74) is 0. The largest absolute Gasteiger partial charge is 0.478 e. The third-order valence-corrected chi connectivity index (χ3v) is 2.47. The Morgan fingerprint density at radius 1 is 1.00 bits per heavy atom. The zero-order valence-electron chi connectivity index (χ0n) is 12.9. The first-order valence-electron chi connectivity index (χ1n) is 7.02. The predicted molar refractivity (Wildman–Crippen MR) is 77.3 cm³/mol. The Morgan fingerprint density at radius 3 is 2.00 bits per heavy atom. The first-order valence-corrected chi connectivity index (χ1v) is 7.02. The van der Waals surface area contributed by atoms with Crippen LogP contribution in [0.5, 0.6) is 0 Å². The average molecular weight is 317 g/mol. The van der Waals surface area contributed by atoms with Gasteiger partial charge in [0, 0.05) is 38.5 Å². The van der Waals surface area contributed by atoms with Crippen molar-refractivity contribution in [2.24, 2.45) is 0 Å². The number of carboxylic acid groups (broad SMARTS) is 1. The summed E-state index contributed by atoms with van der Waals surface area (Å²) in [5.74, 6) is -2.54. The van der Waals surface area contributed by atoms with Crippen LogP contribution >= 0.6 is 0 Å². The molecule has 0 bridgehead atoms. The van der Waals surface area contributed by atoms with E-state index in [1.807, 2.05) is 13.8 Å². The van der Waals surface area contributed by atoms with Crippen LogP contribution in [0.25, 0.3) is 0 Å². The third-order valence-electron chi connectivity index (χ3n) is 2.47. The second kappa shape index (κ2) is 12.8. The molecule has 0 saturated heterocycles. The second-order valence-corrected chi connectivity index (χ2v) is 4.05. The van der Waals surface area contributed by atoms with Crippen LogP contribution in [-0.4, -0.2) is 74.0 Å². The Labute approximate surface area is 129 Å². The van der Waals surface area contributed by atoms with E-state index in [9.17, 15) is 14.4 Å². The van der Waals surface area contributed by atoms with Gasteiger partial charge in [0.2, 0.25) is 0 Å². The van der Waals surface area contributed by atoms with Gasteiger partial charge in [-0.2, -0.15) is 0 Å². The highest BCUT2D eigenvalue weighted by Gasteiger charge is 2.15. The van der Waals surface area contributed by atoms with Crippen LogP contribution in [0.3, 0.4) is 0 Å². The molecule has 0 heterocycles. The standard InChI is InChI=1S/C14H23NO7/c1-3-20-9-7-15(8-10-21-4-2)12(16)11-22-14(19)6-5-13(17)18/h5-6H,3-4,7-11H2,1-2H3,(H,17,18)/b6-5+. The van der Waals surface area contributed by atoms with Gasteiger partial charge in [-0.1, -0.05) is 0 Å². The summed E-state index contributed by atoms with van der Waals surface area (Å²) < 4.78 is 15.1. The van der Waals surface area contributed by atoms with Gasteiger partial charge in [-0.25, -0.2) is 9.59 Å². The minimum Gasteiger partial charge on any atom is -0.478 e. The van der Waals surface area contributed by atoms with Crippen molar-refractivity contribution in [1.29, 1.82) is 0 Å². The lowest BCUT2D eigenvalue weighted by Crippen LogP contribution is -2.39. The maximum Gasteiger partial charge on any atom is 0.331 e. The van der Waals surface area contributed by atoms with Crippen molar-refractivity contribution in [3.63, 3.8) is 0 Å². The van der Waals surface area contributed by atoms with Crippen LogP contribution in [0.4, 0.5) is 0 Å². The predicted octanol–water partition coefficient (Wildman–Crippen LogP) is 0.0720. The highest BCUT2D eigenvalue weighted by atomic mass is 16.5. The molecule has 0 aliphatic carbocycles. The molecule has 0 aliphatic rings. The maximum absolute atomic E-state index is 12.0. The summed E-state index contributed by atoms with van der Waals surface area (Å²) in [4.78, 5) is 34.9. The fourth-order valence-electron chi connectivity index (χ4n) is 1.41. The Balaban J connectivity index is 4.28. The van der Waals surface area contributed by atoms with Crippen molar-refractivity contribution in [3.8, 4) is 0 Å². The summed E-state index contributed by atoms with van der Waals surface area (Å²) in [7, 11) is 0. The van der Waals surface area contributed by atoms with E-state index >= 15 is 0 Å². The van der Waals surface area contributed by atoms with Gasteiger partial charge in [-0.3, -0.25) is 4.79 Å². The van der Waals surface area contributed by atoms with E-state index in [1.165, 1.54) is 4.90 Å². The lowest BCUT2D eigenvalue weighted by atomic mass is 10.4. The van der Waals surface area contributed by atoms with Gasteiger partial charge in [-0.05, 0) is 13.8 Å². The fourth-order valence-corrected chi connectivity index (χ4v) is 1.41. The van der Waals surface area contributed by atoms with Crippen molar-refractivity contribution in [3.05, 3.63) is 12.2 Å². The highest BCUT2D eigenvalue weighted by molar-refractivity contribution is 5.91. The zero-order chi connectivity index (χ0) is 16.8. The smallest absolute Gasteiger partial charge is 0.331 e. The lowest BCUT2D eigenvalue weighted by molar-refractivity contribution is -0.149. The van der Waals surface area contributed by atoms with Crippen molar-refractivity contribution in [1.82, 2.24) is 4.90 Å². The number of aliphatic carboxylic acids is 1. The molecule has 0 aromatic rings. The number of carbonyl (C=O) groups excluding carboxylic acids is 2. The molecule has 0 radical (unpaired) electrons. The minimum absolute atomic E-state index is 0.363.